The summed E-state index contributed by atoms with van der Waals surface area (Å²) in [5.41, 5.74) is 1.01. The summed E-state index contributed by atoms with van der Waals surface area (Å²) in [6.45, 7) is 2.18. The number of methoxy groups -OCH3 is 1. The fourth-order valence-electron chi connectivity index (χ4n) is 4.38. The van der Waals surface area contributed by atoms with Gasteiger partial charge in [-0.3, -0.25) is 0 Å². The number of benzene rings is 1. The van der Waals surface area contributed by atoms with Gasteiger partial charge < -0.3 is 24.4 Å². The number of rotatable bonds is 6. The molecule has 0 radical (unpaired) electrons. The van der Waals surface area contributed by atoms with Crippen LogP contribution in [0.15, 0.2) is 36.9 Å². The lowest BCUT2D eigenvalue weighted by atomic mass is 9.84. The summed E-state index contributed by atoms with van der Waals surface area (Å²) in [6, 6.07) is 6.96. The maximum atomic E-state index is 13.3. The first-order valence-corrected chi connectivity index (χ1v) is 11.3. The Morgan fingerprint density at radius 1 is 1.17 bits per heavy atom. The van der Waals surface area contributed by atoms with Gasteiger partial charge in [0.15, 0.2) is 11.6 Å². The van der Waals surface area contributed by atoms with Crippen LogP contribution in [0.5, 0.6) is 11.6 Å². The zero-order valence-corrected chi connectivity index (χ0v) is 19.4. The highest BCUT2D eigenvalue weighted by molar-refractivity contribution is 6.33. The summed E-state index contributed by atoms with van der Waals surface area (Å²) < 4.78 is 31.0. The normalized spacial score (nSPS) is 21.2. The molecule has 180 valence electrons. The Balaban J connectivity index is 1.36. The van der Waals surface area contributed by atoms with Gasteiger partial charge >= 0.3 is 0 Å². The van der Waals surface area contributed by atoms with Gasteiger partial charge in [-0.1, -0.05) is 11.6 Å². The van der Waals surface area contributed by atoms with Crippen LogP contribution in [-0.4, -0.2) is 59.5 Å². The molecular formula is C23H21ClFN7O3. The first kappa shape index (κ1) is 23.0. The third-order valence-electron chi connectivity index (χ3n) is 5.97. The van der Waals surface area contributed by atoms with Crippen LogP contribution in [-0.2, 0) is 4.74 Å². The second-order valence-corrected chi connectivity index (χ2v) is 8.65. The molecule has 3 aromatic rings. The molecule has 4 heterocycles. The van der Waals surface area contributed by atoms with E-state index in [9.17, 15) is 4.39 Å². The monoisotopic (exact) mass is 497 g/mol. The van der Waals surface area contributed by atoms with Crippen molar-refractivity contribution in [3.8, 4) is 17.7 Å². The first-order chi connectivity index (χ1) is 17.1. The minimum absolute atomic E-state index is 0.0141. The number of hydrogen-bond donors (Lipinski definition) is 1. The van der Waals surface area contributed by atoms with Crippen LogP contribution in [0, 0.1) is 29.0 Å². The van der Waals surface area contributed by atoms with E-state index in [0.717, 1.165) is 12.4 Å². The molecule has 5 rings (SSSR count). The van der Waals surface area contributed by atoms with Gasteiger partial charge in [-0.15, -0.1) is 0 Å². The summed E-state index contributed by atoms with van der Waals surface area (Å²) in [4.78, 5) is 18.9. The molecular weight excluding hydrogens is 477 g/mol. The lowest BCUT2D eigenvalue weighted by Gasteiger charge is -2.46. The third-order valence-corrected chi connectivity index (χ3v) is 6.28. The van der Waals surface area contributed by atoms with Gasteiger partial charge in [0, 0.05) is 24.9 Å². The van der Waals surface area contributed by atoms with Gasteiger partial charge in [-0.05, 0) is 18.2 Å². The van der Waals surface area contributed by atoms with Gasteiger partial charge in [0.2, 0.25) is 11.7 Å². The summed E-state index contributed by atoms with van der Waals surface area (Å²) in [5, 5.41) is 12.6. The van der Waals surface area contributed by atoms with E-state index in [4.69, 9.17) is 31.1 Å². The number of nitrogens with one attached hydrogen (secondary N) is 1. The van der Waals surface area contributed by atoms with E-state index in [-0.39, 0.29) is 17.9 Å². The Bertz CT molecular complexity index is 1240. The van der Waals surface area contributed by atoms with Crippen molar-refractivity contribution in [1.82, 2.24) is 19.9 Å². The molecule has 12 heteroatoms. The van der Waals surface area contributed by atoms with E-state index in [1.807, 2.05) is 4.90 Å². The van der Waals surface area contributed by atoms with E-state index >= 15 is 0 Å². The number of piperidine rings is 1. The van der Waals surface area contributed by atoms with Crippen LogP contribution in [0.25, 0.3) is 0 Å². The van der Waals surface area contributed by atoms with Crippen LogP contribution in [0.2, 0.25) is 5.02 Å². The predicted octanol–water partition coefficient (Wildman–Crippen LogP) is 3.21. The maximum Gasteiger partial charge on any atom is 0.262 e. The molecule has 10 nitrogen and oxygen atoms in total. The van der Waals surface area contributed by atoms with Crippen molar-refractivity contribution in [1.29, 1.82) is 5.26 Å². The van der Waals surface area contributed by atoms with Crippen LogP contribution in [0.3, 0.4) is 0 Å². The summed E-state index contributed by atoms with van der Waals surface area (Å²) in [5.74, 6) is 1.03. The highest BCUT2D eigenvalue weighted by Gasteiger charge is 2.43. The van der Waals surface area contributed by atoms with Crippen molar-refractivity contribution >= 4 is 29.1 Å². The van der Waals surface area contributed by atoms with E-state index in [2.05, 4.69) is 31.3 Å². The molecule has 2 bridgehead atoms. The Morgan fingerprint density at radius 2 is 1.91 bits per heavy atom. The largest absolute Gasteiger partial charge is 0.489 e. The van der Waals surface area contributed by atoms with Gasteiger partial charge in [0.25, 0.3) is 5.88 Å². The number of fused-ring (bicyclic) bond motifs is 2. The number of hydrogen-bond acceptors (Lipinski definition) is 10. The zero-order valence-electron chi connectivity index (χ0n) is 18.7. The van der Waals surface area contributed by atoms with Gasteiger partial charge in [-0.25, -0.2) is 19.3 Å². The molecule has 0 saturated carbocycles. The molecule has 0 aliphatic carbocycles. The summed E-state index contributed by atoms with van der Waals surface area (Å²) >= 11 is 6.31. The fraction of sp³-hybridized carbons (Fsp3) is 0.348. The molecule has 3 atom stereocenters. The van der Waals surface area contributed by atoms with Gasteiger partial charge in [-0.2, -0.15) is 10.2 Å². The van der Waals surface area contributed by atoms with Crippen molar-refractivity contribution in [2.45, 2.75) is 6.10 Å². The molecule has 1 unspecified atom stereocenters. The molecule has 2 fully saturated rings. The molecule has 2 aromatic heterocycles. The Hall–Kier alpha value is -3.75. The number of aromatic nitrogens is 4. The van der Waals surface area contributed by atoms with Crippen molar-refractivity contribution < 1.29 is 18.6 Å². The van der Waals surface area contributed by atoms with Crippen molar-refractivity contribution in [2.24, 2.45) is 11.8 Å². The van der Waals surface area contributed by atoms with Crippen LogP contribution in [0.1, 0.15) is 5.56 Å². The van der Waals surface area contributed by atoms with E-state index in [1.165, 1.54) is 13.4 Å². The third kappa shape index (κ3) is 4.76. The molecule has 2 aliphatic heterocycles. The highest BCUT2D eigenvalue weighted by Crippen LogP contribution is 2.39. The van der Waals surface area contributed by atoms with Crippen molar-refractivity contribution in [3.63, 3.8) is 0 Å². The van der Waals surface area contributed by atoms with E-state index in [1.54, 1.807) is 18.2 Å². The topological polar surface area (TPSA) is 118 Å². The number of nitriles is 1. The SMILES string of the molecule is COc1c(Nc2ccc(C#N)cc2Cl)ncnc1OC1[C@@H]2COC[C@H]1CN(c1ncc(F)cn1)C2. The van der Waals surface area contributed by atoms with Crippen molar-refractivity contribution in [3.05, 3.63) is 53.3 Å². The van der Waals surface area contributed by atoms with E-state index in [0.29, 0.717) is 66.0 Å². The lowest BCUT2D eigenvalue weighted by molar-refractivity contribution is -0.0776. The molecule has 2 saturated heterocycles. The second kappa shape index (κ2) is 9.85. The summed E-state index contributed by atoms with van der Waals surface area (Å²) in [7, 11) is 1.51. The minimum atomic E-state index is -0.474. The maximum absolute atomic E-state index is 13.3. The molecule has 0 spiro atoms. The molecule has 35 heavy (non-hydrogen) atoms. The first-order valence-electron chi connectivity index (χ1n) is 10.9. The lowest BCUT2D eigenvalue weighted by Crippen LogP contribution is -2.58. The number of halogens is 2. The molecule has 1 aromatic carbocycles. The van der Waals surface area contributed by atoms with Crippen LogP contribution in [0.4, 0.5) is 21.8 Å². The quantitative estimate of drug-likeness (QED) is 0.543. The Labute approximate surface area is 205 Å². The molecule has 0 amide bonds. The van der Waals surface area contributed by atoms with Gasteiger partial charge in [0.1, 0.15) is 12.4 Å². The number of anilines is 3. The van der Waals surface area contributed by atoms with Crippen LogP contribution >= 0.6 is 11.6 Å². The van der Waals surface area contributed by atoms with Crippen molar-refractivity contribution in [2.75, 3.05) is 43.6 Å². The van der Waals surface area contributed by atoms with Crippen LogP contribution < -0.4 is 19.7 Å². The average Bonchev–Trinajstić information content (AvgIpc) is 2.86. The standard InChI is InChI=1S/C23H21ClFN7O3/c1-33-20-21(31-18-3-2-13(5-26)4-17(18)24)29-12-30-22(20)35-19-14-8-32(9-15(19)11-34-10-14)23-27-6-16(25)7-28-23/h2-4,6-7,12,14-15,19H,8-11H2,1H3,(H,29,30,31)/t14-,15+,19?. The van der Waals surface area contributed by atoms with Gasteiger partial charge in [0.05, 0.1) is 55.1 Å². The summed E-state index contributed by atoms with van der Waals surface area (Å²) in [6.07, 6.45) is 3.52. The average molecular weight is 498 g/mol. The molecule has 2 aliphatic rings. The molecule has 1 N–H and O–H groups in total. The Morgan fingerprint density at radius 3 is 2.57 bits per heavy atom. The minimum Gasteiger partial charge on any atom is -0.489 e. The Kier molecular flexibility index (Phi) is 6.48. The highest BCUT2D eigenvalue weighted by atomic mass is 35.5. The predicted molar refractivity (Wildman–Crippen MR) is 124 cm³/mol. The zero-order chi connectivity index (χ0) is 24.4. The van der Waals surface area contributed by atoms with E-state index < -0.39 is 5.82 Å². The smallest absolute Gasteiger partial charge is 0.262 e. The number of nitrogens with zero attached hydrogens (tertiary/aromatic N) is 6. The number of ether oxygens (including phenoxy) is 3. The second-order valence-electron chi connectivity index (χ2n) is 8.24. The fourth-order valence-corrected chi connectivity index (χ4v) is 4.61.